The first kappa shape index (κ1) is 4.46. The van der Waals surface area contributed by atoms with Gasteiger partial charge in [-0.25, -0.2) is 4.98 Å². The van der Waals surface area contributed by atoms with Gasteiger partial charge < -0.3 is 10.2 Å². The monoisotopic (exact) mass is 118 g/mol. The Hall–Kier alpha value is -0.700. The summed E-state index contributed by atoms with van der Waals surface area (Å²) in [4.78, 5) is 3.50. The highest BCUT2D eigenvalue weighted by Crippen LogP contribution is 2.09. The van der Waals surface area contributed by atoms with Gasteiger partial charge in [-0.1, -0.05) is 0 Å². The maximum Gasteiger partial charge on any atom is 0.293 e. The Balaban J connectivity index is 3.04. The second kappa shape index (κ2) is 1.42. The van der Waals surface area contributed by atoms with Crippen LogP contribution in [0, 0.1) is 0 Å². The number of nitrogens with zero attached hydrogens (tertiary/aromatic N) is 1. The molecule has 0 amide bonds. The molecule has 2 N–H and O–H groups in total. The third-order valence-corrected chi connectivity index (χ3v) is 0.670. The van der Waals surface area contributed by atoms with Gasteiger partial charge in [-0.3, -0.25) is 0 Å². The number of hydrogen-bond acceptors (Lipinski definition) is 3. The van der Waals surface area contributed by atoms with Crippen LogP contribution in [0.5, 0.6) is 0 Å². The zero-order valence-corrected chi connectivity index (χ0v) is 4.14. The van der Waals surface area contributed by atoms with Gasteiger partial charge in [-0.05, 0) is 11.6 Å². The third-order valence-electron chi connectivity index (χ3n) is 0.495. The molecule has 0 fully saturated rings. The van der Waals surface area contributed by atoms with E-state index in [4.69, 9.17) is 17.3 Å². The van der Waals surface area contributed by atoms with E-state index in [1.165, 1.54) is 6.20 Å². The van der Waals surface area contributed by atoms with Crippen LogP contribution in [0.1, 0.15) is 0 Å². The number of halogens is 1. The van der Waals surface area contributed by atoms with E-state index in [0.717, 1.165) is 0 Å². The van der Waals surface area contributed by atoms with Crippen LogP contribution in [0.3, 0.4) is 0 Å². The summed E-state index contributed by atoms with van der Waals surface area (Å²) in [6, 6.07) is 0.102. The molecule has 0 aliphatic carbocycles. The van der Waals surface area contributed by atoms with Gasteiger partial charge in [0, 0.05) is 0 Å². The Morgan fingerprint density at radius 1 is 1.86 bits per heavy atom. The van der Waals surface area contributed by atoms with Crippen LogP contribution in [0.25, 0.3) is 0 Å². The van der Waals surface area contributed by atoms with Crippen LogP contribution in [0.15, 0.2) is 10.6 Å². The van der Waals surface area contributed by atoms with E-state index in [1.807, 2.05) is 0 Å². The van der Waals surface area contributed by atoms with Crippen molar-refractivity contribution in [1.29, 1.82) is 0 Å². The first-order chi connectivity index (χ1) is 3.29. The smallest absolute Gasteiger partial charge is 0.293 e. The number of nitrogen functional groups attached to an aromatic ring is 1. The fraction of sp³-hybridized carbons (Fsp3) is 0. The van der Waals surface area contributed by atoms with Gasteiger partial charge >= 0.3 is 0 Å². The highest BCUT2D eigenvalue weighted by Gasteiger charge is 1.90. The predicted octanol–water partition coefficient (Wildman–Crippen LogP) is 0.910. The van der Waals surface area contributed by atoms with Gasteiger partial charge in [0.1, 0.15) is 0 Å². The van der Waals surface area contributed by atoms with Gasteiger partial charge in [0.25, 0.3) is 6.01 Å². The Morgan fingerprint density at radius 3 is 2.71 bits per heavy atom. The minimum absolute atomic E-state index is 0.102. The van der Waals surface area contributed by atoms with Gasteiger partial charge in [-0.2, -0.15) is 0 Å². The van der Waals surface area contributed by atoms with Crippen LogP contribution in [0.4, 0.5) is 6.01 Å². The number of rotatable bonds is 0. The number of aromatic nitrogens is 1. The average molecular weight is 119 g/mol. The molecule has 0 unspecified atom stereocenters. The maximum absolute atomic E-state index is 5.25. The molecule has 1 heterocycles. The molecule has 3 nitrogen and oxygen atoms in total. The standard InChI is InChI=1S/C3H3ClN2O/c4-2-1-6-3(5)7-2/h1H,(H2,5,6). The minimum atomic E-state index is 0.102. The molecule has 1 aromatic heterocycles. The van der Waals surface area contributed by atoms with Crippen LogP contribution in [-0.2, 0) is 0 Å². The molecule has 0 radical (unpaired) electrons. The molecule has 0 aromatic carbocycles. The van der Waals surface area contributed by atoms with Crippen molar-refractivity contribution in [3.63, 3.8) is 0 Å². The predicted molar refractivity (Wildman–Crippen MR) is 25.9 cm³/mol. The van der Waals surface area contributed by atoms with Crippen molar-refractivity contribution in [1.82, 2.24) is 4.98 Å². The molecule has 0 aliphatic heterocycles. The van der Waals surface area contributed by atoms with Gasteiger partial charge in [0.15, 0.2) is 0 Å². The second-order valence-electron chi connectivity index (χ2n) is 1.00. The van der Waals surface area contributed by atoms with Crippen LogP contribution < -0.4 is 5.73 Å². The summed E-state index contributed by atoms with van der Waals surface area (Å²) in [5, 5.41) is 0.220. The maximum atomic E-state index is 5.25. The first-order valence-electron chi connectivity index (χ1n) is 1.66. The minimum Gasteiger partial charge on any atom is -0.412 e. The lowest BCUT2D eigenvalue weighted by molar-refractivity contribution is 0.582. The molecule has 1 aromatic rings. The van der Waals surface area contributed by atoms with Crippen molar-refractivity contribution in [2.75, 3.05) is 5.73 Å². The summed E-state index contributed by atoms with van der Waals surface area (Å²) >= 11 is 5.25. The summed E-state index contributed by atoms with van der Waals surface area (Å²) in [7, 11) is 0. The summed E-state index contributed by atoms with van der Waals surface area (Å²) in [5.74, 6) is 0. The molecule has 0 aliphatic rings. The second-order valence-corrected chi connectivity index (χ2v) is 1.38. The topological polar surface area (TPSA) is 52.0 Å². The molecule has 38 valence electrons. The summed E-state index contributed by atoms with van der Waals surface area (Å²) in [6.07, 6.45) is 1.34. The molecule has 7 heavy (non-hydrogen) atoms. The number of nitrogens with two attached hydrogens (primary N) is 1. The van der Waals surface area contributed by atoms with Crippen molar-refractivity contribution < 1.29 is 4.42 Å². The fourth-order valence-corrected chi connectivity index (χ4v) is 0.395. The number of hydrogen-bond donors (Lipinski definition) is 1. The normalized spacial score (nSPS) is 9.29. The zero-order valence-electron chi connectivity index (χ0n) is 3.39. The Morgan fingerprint density at radius 2 is 2.57 bits per heavy atom. The van der Waals surface area contributed by atoms with Gasteiger partial charge in [0.05, 0.1) is 6.20 Å². The van der Waals surface area contributed by atoms with Crippen molar-refractivity contribution in [3.8, 4) is 0 Å². The fourth-order valence-electron chi connectivity index (χ4n) is 0.267. The van der Waals surface area contributed by atoms with E-state index in [9.17, 15) is 0 Å². The molecular weight excluding hydrogens is 115 g/mol. The Bertz CT molecular complexity index is 145. The van der Waals surface area contributed by atoms with Crippen molar-refractivity contribution in [2.24, 2.45) is 0 Å². The lowest BCUT2D eigenvalue weighted by atomic mass is 11.0. The van der Waals surface area contributed by atoms with Crippen LogP contribution in [0.2, 0.25) is 5.22 Å². The lowest BCUT2D eigenvalue weighted by Crippen LogP contribution is -1.79. The zero-order chi connectivity index (χ0) is 5.28. The van der Waals surface area contributed by atoms with E-state index in [-0.39, 0.29) is 11.2 Å². The highest BCUT2D eigenvalue weighted by molar-refractivity contribution is 6.28. The van der Waals surface area contributed by atoms with Crippen LogP contribution in [-0.4, -0.2) is 4.98 Å². The number of anilines is 1. The van der Waals surface area contributed by atoms with E-state index >= 15 is 0 Å². The third kappa shape index (κ3) is 0.838. The highest BCUT2D eigenvalue weighted by atomic mass is 35.5. The molecule has 0 atom stereocenters. The summed E-state index contributed by atoms with van der Waals surface area (Å²) < 4.78 is 4.52. The molecule has 0 saturated carbocycles. The molecule has 4 heteroatoms. The Kier molecular flexibility index (Phi) is 0.906. The lowest BCUT2D eigenvalue weighted by Gasteiger charge is -1.72. The van der Waals surface area contributed by atoms with Gasteiger partial charge in [0.2, 0.25) is 5.22 Å². The quantitative estimate of drug-likeness (QED) is 0.551. The Labute approximate surface area is 45.1 Å². The molecule has 0 bridgehead atoms. The van der Waals surface area contributed by atoms with Crippen LogP contribution >= 0.6 is 11.6 Å². The summed E-state index contributed by atoms with van der Waals surface area (Å²) in [6.45, 7) is 0. The average Bonchev–Trinajstić information content (AvgIpc) is 1.87. The largest absolute Gasteiger partial charge is 0.412 e. The van der Waals surface area contributed by atoms with E-state index in [1.54, 1.807) is 0 Å². The van der Waals surface area contributed by atoms with Gasteiger partial charge in [-0.15, -0.1) is 0 Å². The van der Waals surface area contributed by atoms with Crippen molar-refractivity contribution >= 4 is 17.6 Å². The SMILES string of the molecule is Nc1ncc(Cl)o1. The first-order valence-corrected chi connectivity index (χ1v) is 2.03. The molecule has 0 saturated heterocycles. The van der Waals surface area contributed by atoms with Crippen molar-refractivity contribution in [2.45, 2.75) is 0 Å². The van der Waals surface area contributed by atoms with E-state index in [0.29, 0.717) is 0 Å². The molecule has 0 spiro atoms. The molecular formula is C3H3ClN2O. The van der Waals surface area contributed by atoms with E-state index in [2.05, 4.69) is 9.40 Å². The summed E-state index contributed by atoms with van der Waals surface area (Å²) in [5.41, 5.74) is 5.02. The number of oxazole rings is 1. The molecule has 1 rings (SSSR count). The van der Waals surface area contributed by atoms with Crippen molar-refractivity contribution in [3.05, 3.63) is 11.4 Å². The van der Waals surface area contributed by atoms with E-state index < -0.39 is 0 Å².